The van der Waals surface area contributed by atoms with E-state index in [1.807, 2.05) is 13.8 Å². The van der Waals surface area contributed by atoms with Crippen LogP contribution in [0.5, 0.6) is 0 Å². The maximum Gasteiger partial charge on any atom is 0.249 e. The number of hydrogen-bond acceptors (Lipinski definition) is 3. The van der Waals surface area contributed by atoms with Gasteiger partial charge in [-0.3, -0.25) is 9.69 Å². The maximum absolute atomic E-state index is 12.1. The van der Waals surface area contributed by atoms with Crippen LogP contribution < -0.4 is 5.32 Å². The van der Waals surface area contributed by atoms with Crippen molar-refractivity contribution in [1.82, 2.24) is 10.2 Å². The zero-order chi connectivity index (χ0) is 15.5. The number of fused-ring (bicyclic) bond motifs is 1. The minimum atomic E-state index is -0.267. The lowest BCUT2D eigenvalue weighted by Crippen LogP contribution is -2.40. The predicted octanol–water partition coefficient (Wildman–Crippen LogP) is 1.99. The van der Waals surface area contributed by atoms with Gasteiger partial charge in [0.15, 0.2) is 0 Å². The molecule has 0 unspecified atom stereocenters. The second-order valence-corrected chi connectivity index (χ2v) is 6.69. The molecule has 1 amide bonds. The minimum Gasteiger partial charge on any atom is -0.363 e. The van der Waals surface area contributed by atoms with Crippen molar-refractivity contribution >= 4 is 5.91 Å². The minimum absolute atomic E-state index is 0.0485. The number of ether oxygens (including phenoxy) is 1. The topological polar surface area (TPSA) is 41.6 Å². The van der Waals surface area contributed by atoms with Crippen LogP contribution in [0.4, 0.5) is 0 Å². The molecule has 0 radical (unpaired) electrons. The number of nitrogens with one attached hydrogen (secondary N) is 1. The molecule has 2 saturated heterocycles. The van der Waals surface area contributed by atoms with E-state index in [9.17, 15) is 4.79 Å². The van der Waals surface area contributed by atoms with Crippen LogP contribution in [0.15, 0.2) is 30.3 Å². The van der Waals surface area contributed by atoms with Gasteiger partial charge in [-0.2, -0.15) is 0 Å². The molecule has 1 N–H and O–H groups in total. The molecule has 1 aromatic carbocycles. The van der Waals surface area contributed by atoms with Gasteiger partial charge in [0.25, 0.3) is 0 Å². The van der Waals surface area contributed by atoms with Crippen molar-refractivity contribution in [2.24, 2.45) is 0 Å². The molecule has 1 aromatic rings. The smallest absolute Gasteiger partial charge is 0.249 e. The molecule has 22 heavy (non-hydrogen) atoms. The Morgan fingerprint density at radius 1 is 1.36 bits per heavy atom. The van der Waals surface area contributed by atoms with Crippen molar-refractivity contribution in [1.29, 1.82) is 0 Å². The van der Waals surface area contributed by atoms with Crippen LogP contribution >= 0.6 is 0 Å². The van der Waals surface area contributed by atoms with Crippen molar-refractivity contribution in [3.8, 4) is 0 Å². The summed E-state index contributed by atoms with van der Waals surface area (Å²) in [4.78, 5) is 14.6. The van der Waals surface area contributed by atoms with Crippen molar-refractivity contribution in [3.05, 3.63) is 35.9 Å². The lowest BCUT2D eigenvalue weighted by Gasteiger charge is -2.22. The third-order valence-corrected chi connectivity index (χ3v) is 4.65. The highest BCUT2D eigenvalue weighted by molar-refractivity contribution is 5.81. The van der Waals surface area contributed by atoms with Crippen molar-refractivity contribution in [3.63, 3.8) is 0 Å². The molecule has 2 aliphatic heterocycles. The van der Waals surface area contributed by atoms with E-state index in [2.05, 4.69) is 40.5 Å². The first-order chi connectivity index (χ1) is 10.6. The van der Waals surface area contributed by atoms with Gasteiger partial charge in [-0.15, -0.1) is 0 Å². The van der Waals surface area contributed by atoms with Crippen molar-refractivity contribution in [2.45, 2.75) is 57.4 Å². The Morgan fingerprint density at radius 3 is 2.86 bits per heavy atom. The molecular formula is C18H26N2O2. The van der Waals surface area contributed by atoms with Gasteiger partial charge in [-0.25, -0.2) is 0 Å². The Kier molecular flexibility index (Phi) is 4.79. The van der Waals surface area contributed by atoms with Crippen molar-refractivity contribution < 1.29 is 9.53 Å². The van der Waals surface area contributed by atoms with Gasteiger partial charge in [0.1, 0.15) is 6.10 Å². The average Bonchev–Trinajstić information content (AvgIpc) is 3.06. The van der Waals surface area contributed by atoms with E-state index in [0.717, 1.165) is 32.4 Å². The summed E-state index contributed by atoms with van der Waals surface area (Å²) < 4.78 is 5.98. The summed E-state index contributed by atoms with van der Waals surface area (Å²) in [6.07, 6.45) is 2.91. The van der Waals surface area contributed by atoms with Gasteiger partial charge < -0.3 is 10.1 Å². The average molecular weight is 302 g/mol. The first kappa shape index (κ1) is 15.5. The highest BCUT2D eigenvalue weighted by Gasteiger charge is 2.45. The summed E-state index contributed by atoms with van der Waals surface area (Å²) in [6.45, 7) is 6.10. The fourth-order valence-electron chi connectivity index (χ4n) is 3.57. The molecule has 120 valence electrons. The third kappa shape index (κ3) is 3.50. The van der Waals surface area contributed by atoms with E-state index in [1.165, 1.54) is 5.56 Å². The highest BCUT2D eigenvalue weighted by atomic mass is 16.5. The fraction of sp³-hybridized carbons (Fsp3) is 0.611. The molecule has 0 aromatic heterocycles. The van der Waals surface area contributed by atoms with Crippen molar-refractivity contribution in [2.75, 3.05) is 13.1 Å². The van der Waals surface area contributed by atoms with Gasteiger partial charge in [0.05, 0.1) is 6.10 Å². The Morgan fingerprint density at radius 2 is 2.14 bits per heavy atom. The van der Waals surface area contributed by atoms with Crippen LogP contribution in [0.3, 0.4) is 0 Å². The number of benzene rings is 1. The quantitative estimate of drug-likeness (QED) is 0.904. The molecule has 0 aliphatic carbocycles. The van der Waals surface area contributed by atoms with Crippen LogP contribution in [0.25, 0.3) is 0 Å². The third-order valence-electron chi connectivity index (χ3n) is 4.65. The van der Waals surface area contributed by atoms with E-state index in [4.69, 9.17) is 4.74 Å². The lowest BCUT2D eigenvalue weighted by atomic mass is 10.1. The Balaban J connectivity index is 1.53. The molecule has 4 heteroatoms. The van der Waals surface area contributed by atoms with Gasteiger partial charge in [-0.1, -0.05) is 30.3 Å². The zero-order valence-corrected chi connectivity index (χ0v) is 13.5. The predicted molar refractivity (Wildman–Crippen MR) is 86.7 cm³/mol. The fourth-order valence-corrected chi connectivity index (χ4v) is 3.57. The number of hydrogen-bond donors (Lipinski definition) is 1. The molecule has 2 aliphatic rings. The molecule has 0 saturated carbocycles. The second kappa shape index (κ2) is 6.80. The molecule has 0 spiro atoms. The standard InChI is InChI=1S/C18H26N2O2/c1-13(2)19-18(21)17-12-15-16(22-17)9-11-20(15)10-8-14-6-4-3-5-7-14/h3-7,13,15-17H,8-12H2,1-2H3,(H,19,21)/t15-,16-,17-/m0/s1. The normalized spacial score (nSPS) is 28.0. The van der Waals surface area contributed by atoms with Gasteiger partial charge in [0.2, 0.25) is 5.91 Å². The molecule has 2 fully saturated rings. The molecular weight excluding hydrogens is 276 g/mol. The summed E-state index contributed by atoms with van der Waals surface area (Å²) in [5, 5.41) is 2.96. The molecule has 0 bridgehead atoms. The lowest BCUT2D eigenvalue weighted by molar-refractivity contribution is -0.132. The zero-order valence-electron chi connectivity index (χ0n) is 13.5. The number of nitrogens with zero attached hydrogens (tertiary/aromatic N) is 1. The molecule has 4 nitrogen and oxygen atoms in total. The Labute approximate surface area is 132 Å². The summed E-state index contributed by atoms with van der Waals surface area (Å²) in [5.41, 5.74) is 1.37. The number of carbonyl (C=O) groups is 1. The molecule has 2 heterocycles. The number of likely N-dealkylation sites (tertiary alicyclic amines) is 1. The van der Waals surface area contributed by atoms with Crippen LogP contribution in [0, 0.1) is 0 Å². The van der Waals surface area contributed by atoms with Gasteiger partial charge >= 0.3 is 0 Å². The van der Waals surface area contributed by atoms with Crippen LogP contribution in [0.2, 0.25) is 0 Å². The summed E-state index contributed by atoms with van der Waals surface area (Å²) >= 11 is 0. The van der Waals surface area contributed by atoms with E-state index >= 15 is 0 Å². The summed E-state index contributed by atoms with van der Waals surface area (Å²) in [7, 11) is 0. The van der Waals surface area contributed by atoms with E-state index in [-0.39, 0.29) is 24.2 Å². The summed E-state index contributed by atoms with van der Waals surface area (Å²) in [5.74, 6) is 0.0485. The Hall–Kier alpha value is -1.39. The number of rotatable bonds is 5. The van der Waals surface area contributed by atoms with E-state index in [1.54, 1.807) is 0 Å². The Bertz CT molecular complexity index is 503. The van der Waals surface area contributed by atoms with Crippen LogP contribution in [-0.4, -0.2) is 48.2 Å². The number of amides is 1. The SMILES string of the molecule is CC(C)NC(=O)[C@@H]1C[C@H]2[C@H](CCN2CCc2ccccc2)O1. The first-order valence-corrected chi connectivity index (χ1v) is 8.37. The maximum atomic E-state index is 12.1. The molecule has 3 atom stereocenters. The van der Waals surface area contributed by atoms with Crippen LogP contribution in [-0.2, 0) is 16.0 Å². The summed E-state index contributed by atoms with van der Waals surface area (Å²) in [6, 6.07) is 11.2. The number of carbonyl (C=O) groups excluding carboxylic acids is 1. The van der Waals surface area contributed by atoms with Gasteiger partial charge in [-0.05, 0) is 32.3 Å². The van der Waals surface area contributed by atoms with Crippen LogP contribution in [0.1, 0.15) is 32.3 Å². The second-order valence-electron chi connectivity index (χ2n) is 6.69. The monoisotopic (exact) mass is 302 g/mol. The first-order valence-electron chi connectivity index (χ1n) is 8.37. The largest absolute Gasteiger partial charge is 0.363 e. The van der Waals surface area contributed by atoms with E-state index in [0.29, 0.717) is 6.04 Å². The van der Waals surface area contributed by atoms with E-state index < -0.39 is 0 Å². The van der Waals surface area contributed by atoms with Gasteiger partial charge in [0, 0.05) is 31.6 Å². The molecule has 3 rings (SSSR count). The highest BCUT2D eigenvalue weighted by Crippen LogP contribution is 2.33.